The summed E-state index contributed by atoms with van der Waals surface area (Å²) in [6, 6.07) is 16.5. The first kappa shape index (κ1) is 26.4. The number of pyridine rings is 1. The standard InChI is InChI=1S/C27H19FN6O5S2/c1-2-39-26(36)24-32-34(17-9-11-18(12-10-17)41(29,37)38)27-31-23-22(25(35)33(24)27)19(21-4-3-13-40-21)14-20(30-23)15-5-7-16(28)8-6-15/h3-14H,2H2,1H3,(H2,29,37,38). The largest absolute Gasteiger partial charge is 0.460 e. The van der Waals surface area contributed by atoms with Gasteiger partial charge >= 0.3 is 5.97 Å². The SMILES string of the molecule is CCOC(=O)c1nn(-c2ccc(S(N)(=O)=O)cc2)c2nc3nc(-c4ccc(F)cc4)cc(-c4cccs4)c3c(=O)n12. The van der Waals surface area contributed by atoms with Gasteiger partial charge in [0.1, 0.15) is 5.82 Å². The molecule has 0 saturated carbocycles. The zero-order valence-corrected chi connectivity index (χ0v) is 22.8. The molecule has 0 aliphatic carbocycles. The molecule has 4 heterocycles. The average Bonchev–Trinajstić information content (AvgIpc) is 3.62. The van der Waals surface area contributed by atoms with Crippen LogP contribution in [0.3, 0.4) is 0 Å². The van der Waals surface area contributed by atoms with Gasteiger partial charge in [-0.1, -0.05) is 6.07 Å². The second kappa shape index (κ2) is 9.99. The first-order valence-electron chi connectivity index (χ1n) is 12.1. The minimum absolute atomic E-state index is 0.0367. The number of halogens is 1. The Labute approximate surface area is 235 Å². The second-order valence-electron chi connectivity index (χ2n) is 8.79. The highest BCUT2D eigenvalue weighted by atomic mass is 32.2. The number of nitrogens with zero attached hydrogens (tertiary/aromatic N) is 5. The monoisotopic (exact) mass is 590 g/mol. The number of hydrogen-bond acceptors (Lipinski definition) is 9. The highest BCUT2D eigenvalue weighted by Crippen LogP contribution is 2.33. The van der Waals surface area contributed by atoms with Gasteiger partial charge in [-0.3, -0.25) is 4.79 Å². The van der Waals surface area contributed by atoms with Crippen LogP contribution < -0.4 is 10.7 Å². The average molecular weight is 591 g/mol. The zero-order chi connectivity index (χ0) is 28.9. The van der Waals surface area contributed by atoms with E-state index in [2.05, 4.69) is 15.1 Å². The Morgan fingerprint density at radius 1 is 1.07 bits per heavy atom. The lowest BCUT2D eigenvalue weighted by molar-refractivity contribution is 0.0509. The number of thiophene rings is 1. The van der Waals surface area contributed by atoms with E-state index < -0.39 is 27.4 Å². The summed E-state index contributed by atoms with van der Waals surface area (Å²) in [5.41, 5.74) is 1.33. The van der Waals surface area contributed by atoms with Crippen LogP contribution in [0.1, 0.15) is 17.5 Å². The van der Waals surface area contributed by atoms with Crippen LogP contribution in [0.15, 0.2) is 81.8 Å². The number of benzene rings is 2. The Balaban J connectivity index is 1.70. The summed E-state index contributed by atoms with van der Waals surface area (Å²) in [7, 11) is -3.96. The van der Waals surface area contributed by atoms with Crippen LogP contribution in [0.2, 0.25) is 0 Å². The van der Waals surface area contributed by atoms with Crippen molar-refractivity contribution in [2.45, 2.75) is 11.8 Å². The molecule has 6 rings (SSSR count). The third-order valence-electron chi connectivity index (χ3n) is 6.21. The van der Waals surface area contributed by atoms with Crippen LogP contribution in [0.25, 0.3) is 44.2 Å². The predicted octanol–water partition coefficient (Wildman–Crippen LogP) is 3.79. The number of esters is 1. The first-order valence-corrected chi connectivity index (χ1v) is 14.5. The van der Waals surface area contributed by atoms with Crippen LogP contribution in [0, 0.1) is 5.82 Å². The van der Waals surface area contributed by atoms with Crippen molar-refractivity contribution in [1.82, 2.24) is 24.1 Å². The maximum absolute atomic E-state index is 14.1. The molecule has 0 fully saturated rings. The van der Waals surface area contributed by atoms with E-state index in [0.29, 0.717) is 22.5 Å². The van der Waals surface area contributed by atoms with Crippen molar-refractivity contribution < 1.29 is 22.3 Å². The molecule has 0 spiro atoms. The summed E-state index contributed by atoms with van der Waals surface area (Å²) in [6.07, 6.45) is 0. The van der Waals surface area contributed by atoms with Gasteiger partial charge in [-0.25, -0.2) is 32.1 Å². The van der Waals surface area contributed by atoms with Crippen molar-refractivity contribution in [2.24, 2.45) is 5.14 Å². The zero-order valence-electron chi connectivity index (χ0n) is 21.2. The van der Waals surface area contributed by atoms with E-state index in [1.807, 2.05) is 17.5 Å². The fourth-order valence-electron chi connectivity index (χ4n) is 4.36. The first-order chi connectivity index (χ1) is 19.7. The molecule has 0 saturated heterocycles. The van der Waals surface area contributed by atoms with Gasteiger partial charge in [0.25, 0.3) is 5.56 Å². The lowest BCUT2D eigenvalue weighted by Crippen LogP contribution is -2.21. The number of carbonyl (C=O) groups excluding carboxylic acids is 1. The van der Waals surface area contributed by atoms with Crippen LogP contribution >= 0.6 is 11.3 Å². The third kappa shape index (κ3) is 4.67. The molecule has 0 aliphatic rings. The molecule has 6 aromatic rings. The number of primary sulfonamides is 1. The molecule has 0 radical (unpaired) electrons. The molecule has 4 aromatic heterocycles. The van der Waals surface area contributed by atoms with Crippen molar-refractivity contribution >= 4 is 44.1 Å². The van der Waals surface area contributed by atoms with Gasteiger partial charge in [0.05, 0.1) is 28.3 Å². The maximum Gasteiger partial charge on any atom is 0.376 e. The smallest absolute Gasteiger partial charge is 0.376 e. The molecule has 206 valence electrons. The van der Waals surface area contributed by atoms with E-state index in [9.17, 15) is 22.4 Å². The topological polar surface area (TPSA) is 152 Å². The number of hydrogen-bond donors (Lipinski definition) is 1. The molecule has 0 unspecified atom stereocenters. The molecular formula is C27H19FN6O5S2. The van der Waals surface area contributed by atoms with Crippen molar-refractivity contribution in [2.75, 3.05) is 6.61 Å². The van der Waals surface area contributed by atoms with E-state index in [-0.39, 0.29) is 34.1 Å². The number of aromatic nitrogens is 5. The molecule has 0 bridgehead atoms. The Bertz CT molecular complexity index is 2120. The van der Waals surface area contributed by atoms with Crippen molar-refractivity contribution in [3.05, 3.63) is 94.1 Å². The van der Waals surface area contributed by atoms with Crippen LogP contribution in [-0.2, 0) is 14.8 Å². The lowest BCUT2D eigenvalue weighted by Gasteiger charge is -2.10. The molecular weight excluding hydrogens is 571 g/mol. The number of fused-ring (bicyclic) bond motifs is 2. The Morgan fingerprint density at radius 2 is 1.80 bits per heavy atom. The Hall–Kier alpha value is -4.79. The molecule has 14 heteroatoms. The van der Waals surface area contributed by atoms with Crippen LogP contribution in [0.5, 0.6) is 0 Å². The Kier molecular flexibility index (Phi) is 6.44. The Morgan fingerprint density at radius 3 is 2.44 bits per heavy atom. The predicted molar refractivity (Wildman–Crippen MR) is 150 cm³/mol. The van der Waals surface area contributed by atoms with Gasteiger partial charge in [-0.2, -0.15) is 9.67 Å². The molecule has 2 aromatic carbocycles. The normalized spacial score (nSPS) is 11.8. The summed E-state index contributed by atoms with van der Waals surface area (Å²) < 4.78 is 44.6. The summed E-state index contributed by atoms with van der Waals surface area (Å²) in [5.74, 6) is -1.64. The molecule has 0 aliphatic heterocycles. The van der Waals surface area contributed by atoms with E-state index in [1.54, 1.807) is 25.1 Å². The van der Waals surface area contributed by atoms with Gasteiger partial charge < -0.3 is 4.74 Å². The van der Waals surface area contributed by atoms with Gasteiger partial charge in [0.15, 0.2) is 5.65 Å². The van der Waals surface area contributed by atoms with Crippen molar-refractivity contribution in [1.29, 1.82) is 0 Å². The van der Waals surface area contributed by atoms with Crippen molar-refractivity contribution in [3.8, 4) is 27.4 Å². The molecule has 2 N–H and O–H groups in total. The van der Waals surface area contributed by atoms with Crippen LogP contribution in [0.4, 0.5) is 4.39 Å². The molecule has 0 atom stereocenters. The van der Waals surface area contributed by atoms with E-state index >= 15 is 0 Å². The second-order valence-corrected chi connectivity index (χ2v) is 11.3. The summed E-state index contributed by atoms with van der Waals surface area (Å²) in [4.78, 5) is 37.0. The fraction of sp³-hybridized carbons (Fsp3) is 0.0741. The highest BCUT2D eigenvalue weighted by Gasteiger charge is 2.26. The van der Waals surface area contributed by atoms with E-state index in [1.165, 1.54) is 52.4 Å². The lowest BCUT2D eigenvalue weighted by atomic mass is 10.1. The number of sulfonamides is 1. The number of nitrogens with two attached hydrogens (primary N) is 1. The highest BCUT2D eigenvalue weighted by molar-refractivity contribution is 7.89. The van der Waals surface area contributed by atoms with E-state index in [0.717, 1.165) is 9.28 Å². The summed E-state index contributed by atoms with van der Waals surface area (Å²) in [6.45, 7) is 1.66. The number of ether oxygens (including phenoxy) is 1. The molecule has 11 nitrogen and oxygen atoms in total. The number of carbonyl (C=O) groups is 1. The van der Waals surface area contributed by atoms with Gasteiger partial charge in [-0.15, -0.1) is 16.4 Å². The fourth-order valence-corrected chi connectivity index (χ4v) is 5.62. The van der Waals surface area contributed by atoms with Gasteiger partial charge in [-0.05, 0) is 73.0 Å². The van der Waals surface area contributed by atoms with Crippen molar-refractivity contribution in [3.63, 3.8) is 0 Å². The third-order valence-corrected chi connectivity index (χ3v) is 8.05. The maximum atomic E-state index is 14.1. The minimum Gasteiger partial charge on any atom is -0.460 e. The minimum atomic E-state index is -3.96. The molecule has 0 amide bonds. The van der Waals surface area contributed by atoms with E-state index in [4.69, 9.17) is 9.88 Å². The summed E-state index contributed by atoms with van der Waals surface area (Å²) in [5, 5.41) is 11.6. The molecule has 41 heavy (non-hydrogen) atoms. The van der Waals surface area contributed by atoms with Gasteiger partial charge in [0, 0.05) is 16.0 Å². The van der Waals surface area contributed by atoms with Crippen LogP contribution in [-0.4, -0.2) is 45.1 Å². The quantitative estimate of drug-likeness (QED) is 0.288. The van der Waals surface area contributed by atoms with Gasteiger partial charge in [0.2, 0.25) is 21.6 Å². The number of rotatable bonds is 6. The summed E-state index contributed by atoms with van der Waals surface area (Å²) >= 11 is 1.40.